The fraction of sp³-hybridized carbons (Fsp3) is 0.188. The predicted molar refractivity (Wildman–Crippen MR) is 90.4 cm³/mol. The molecular weight excluding hydrogens is 338 g/mol. The molecule has 0 spiro atoms. The lowest BCUT2D eigenvalue weighted by Crippen LogP contribution is -2.36. The maximum Gasteiger partial charge on any atom is 0.269 e. The molecule has 4 rings (SSSR count). The van der Waals surface area contributed by atoms with E-state index in [0.29, 0.717) is 17.3 Å². The van der Waals surface area contributed by atoms with Crippen LogP contribution in [-0.4, -0.2) is 24.8 Å². The highest BCUT2D eigenvalue weighted by molar-refractivity contribution is 5.55. The third-order valence-electron chi connectivity index (χ3n) is 4.51. The van der Waals surface area contributed by atoms with E-state index in [1.165, 1.54) is 16.8 Å². The summed E-state index contributed by atoms with van der Waals surface area (Å²) in [7, 11) is 0. The number of hydrogen-bond donors (Lipinski definition) is 3. The van der Waals surface area contributed by atoms with Gasteiger partial charge in [0, 0.05) is 23.4 Å². The minimum atomic E-state index is -0.453. The zero-order valence-corrected chi connectivity index (χ0v) is 14.0. The van der Waals surface area contributed by atoms with Crippen LogP contribution in [0.25, 0.3) is 0 Å². The van der Waals surface area contributed by atoms with E-state index in [2.05, 4.69) is 15.2 Å². The van der Waals surface area contributed by atoms with Crippen molar-refractivity contribution in [2.45, 2.75) is 19.8 Å². The van der Waals surface area contributed by atoms with Crippen LogP contribution in [0.3, 0.4) is 0 Å². The van der Waals surface area contributed by atoms with Crippen molar-refractivity contribution in [1.29, 1.82) is 5.41 Å². The van der Waals surface area contributed by atoms with Crippen LogP contribution < -0.4 is 16.1 Å². The molecule has 1 unspecified atom stereocenters. The van der Waals surface area contributed by atoms with E-state index in [-0.39, 0.29) is 17.1 Å². The van der Waals surface area contributed by atoms with Crippen LogP contribution in [0.5, 0.6) is 11.8 Å². The van der Waals surface area contributed by atoms with Crippen molar-refractivity contribution >= 4 is 5.69 Å². The fourth-order valence-corrected chi connectivity index (χ4v) is 3.18. The number of nitrogens with zero attached hydrogens (tertiary/aromatic N) is 4. The first-order valence-corrected chi connectivity index (χ1v) is 7.78. The second-order valence-corrected chi connectivity index (χ2v) is 6.05. The summed E-state index contributed by atoms with van der Waals surface area (Å²) in [5.74, 6) is 6.57. The number of nitrogens with two attached hydrogens (primary N) is 1. The first kappa shape index (κ1) is 15.8. The van der Waals surface area contributed by atoms with Crippen LogP contribution in [0.1, 0.15) is 34.1 Å². The Bertz CT molecular complexity index is 1100. The Hall–Kier alpha value is -3.69. The van der Waals surface area contributed by atoms with Crippen LogP contribution in [0, 0.1) is 29.4 Å². The Labute approximate surface area is 146 Å². The maximum atomic E-state index is 10.9. The lowest BCUT2D eigenvalue weighted by atomic mass is 9.84. The first-order valence-electron chi connectivity index (χ1n) is 7.78. The number of aromatic amines is 1. The molecule has 1 aliphatic rings. The number of ether oxygens (including phenoxy) is 1. The number of nitro benzene ring substituents is 1. The summed E-state index contributed by atoms with van der Waals surface area (Å²) in [6.07, 6.45) is 0. The zero-order chi connectivity index (χ0) is 18.6. The van der Waals surface area contributed by atoms with E-state index in [4.69, 9.17) is 16.0 Å². The normalized spacial score (nSPS) is 15.1. The van der Waals surface area contributed by atoms with Gasteiger partial charge in [0.15, 0.2) is 5.49 Å². The second kappa shape index (κ2) is 5.41. The Morgan fingerprint density at radius 1 is 1.27 bits per heavy atom. The van der Waals surface area contributed by atoms with Gasteiger partial charge >= 0.3 is 0 Å². The fourth-order valence-electron chi connectivity index (χ4n) is 3.18. The number of aryl methyl sites for hydroxylation is 2. The van der Waals surface area contributed by atoms with Gasteiger partial charge in [-0.2, -0.15) is 4.98 Å². The molecule has 3 aromatic rings. The summed E-state index contributed by atoms with van der Waals surface area (Å²) in [5.41, 5.74) is 2.83. The molecule has 1 aliphatic heterocycles. The molecule has 0 saturated carbocycles. The minimum Gasteiger partial charge on any atom is -0.418 e. The average Bonchev–Trinajstić information content (AvgIpc) is 2.99. The minimum absolute atomic E-state index is 0.00723. The number of rotatable bonds is 2. The lowest BCUT2D eigenvalue weighted by Gasteiger charge is -2.26. The molecular formula is C16H15N7O3. The molecule has 1 aromatic carbocycles. The summed E-state index contributed by atoms with van der Waals surface area (Å²) in [6, 6.07) is 6.19. The Balaban J connectivity index is 1.99. The van der Waals surface area contributed by atoms with Crippen molar-refractivity contribution in [3.63, 3.8) is 0 Å². The molecule has 0 aliphatic carbocycles. The molecule has 0 saturated heterocycles. The number of fused-ring (bicyclic) bond motifs is 2. The van der Waals surface area contributed by atoms with Crippen LogP contribution in [-0.2, 0) is 0 Å². The lowest BCUT2D eigenvalue weighted by molar-refractivity contribution is -0.384. The van der Waals surface area contributed by atoms with Crippen LogP contribution >= 0.6 is 0 Å². The summed E-state index contributed by atoms with van der Waals surface area (Å²) < 4.78 is 6.96. The molecule has 2 aromatic heterocycles. The molecule has 10 heteroatoms. The van der Waals surface area contributed by atoms with E-state index in [1.54, 1.807) is 19.1 Å². The number of benzene rings is 1. The molecule has 26 heavy (non-hydrogen) atoms. The van der Waals surface area contributed by atoms with Crippen molar-refractivity contribution in [3.05, 3.63) is 68.1 Å². The summed E-state index contributed by atoms with van der Waals surface area (Å²) >= 11 is 0. The number of aromatic nitrogens is 4. The van der Waals surface area contributed by atoms with Crippen molar-refractivity contribution in [3.8, 4) is 11.8 Å². The second-order valence-electron chi connectivity index (χ2n) is 6.05. The average molecular weight is 353 g/mol. The van der Waals surface area contributed by atoms with Crippen molar-refractivity contribution < 1.29 is 9.66 Å². The maximum absolute atomic E-state index is 10.9. The third-order valence-corrected chi connectivity index (χ3v) is 4.51. The van der Waals surface area contributed by atoms with Crippen LogP contribution in [0.15, 0.2) is 24.3 Å². The Kier molecular flexibility index (Phi) is 3.29. The van der Waals surface area contributed by atoms with E-state index >= 15 is 0 Å². The van der Waals surface area contributed by atoms with Crippen molar-refractivity contribution in [2.75, 3.05) is 5.84 Å². The zero-order valence-electron chi connectivity index (χ0n) is 14.0. The summed E-state index contributed by atoms with van der Waals surface area (Å²) in [5, 5.41) is 26.4. The number of H-pyrrole nitrogens is 1. The summed E-state index contributed by atoms with van der Waals surface area (Å²) in [6.45, 7) is 3.52. The van der Waals surface area contributed by atoms with Gasteiger partial charge in [-0.05, 0) is 19.4 Å². The molecule has 1 atom stereocenters. The van der Waals surface area contributed by atoms with Crippen molar-refractivity contribution in [1.82, 2.24) is 19.9 Å². The number of hydrogen-bond acceptors (Lipinski definition) is 7. The highest BCUT2D eigenvalue weighted by Gasteiger charge is 2.35. The molecule has 0 radical (unpaired) electrons. The van der Waals surface area contributed by atoms with E-state index < -0.39 is 10.8 Å². The van der Waals surface area contributed by atoms with Gasteiger partial charge in [0.25, 0.3) is 5.69 Å². The van der Waals surface area contributed by atoms with Gasteiger partial charge in [0.2, 0.25) is 11.8 Å². The Morgan fingerprint density at radius 3 is 2.62 bits per heavy atom. The van der Waals surface area contributed by atoms with Gasteiger partial charge < -0.3 is 10.6 Å². The molecule has 3 heterocycles. The standard InChI is InChI=1S/C16H15N7O3/c1-7-11-12(9-3-5-10(6-4-9)23(24)25)13-14(17)22(18)8(2)19-15(13)26-16(11)21-20-7/h3-6,12,17H,18H2,1-2H3,(H,20,21). The highest BCUT2D eigenvalue weighted by atomic mass is 16.6. The van der Waals surface area contributed by atoms with E-state index in [0.717, 1.165) is 16.8 Å². The molecule has 4 N–H and O–H groups in total. The monoisotopic (exact) mass is 353 g/mol. The number of nitro groups is 1. The van der Waals surface area contributed by atoms with Gasteiger partial charge in [0.1, 0.15) is 5.82 Å². The Morgan fingerprint density at radius 2 is 1.96 bits per heavy atom. The van der Waals surface area contributed by atoms with E-state index in [1.807, 2.05) is 6.92 Å². The first-order chi connectivity index (χ1) is 12.4. The van der Waals surface area contributed by atoms with Crippen LogP contribution in [0.2, 0.25) is 0 Å². The number of nitrogen functional groups attached to an aromatic ring is 1. The molecule has 10 nitrogen and oxygen atoms in total. The van der Waals surface area contributed by atoms with Gasteiger partial charge in [-0.1, -0.05) is 12.1 Å². The number of non-ortho nitro benzene ring substituents is 1. The van der Waals surface area contributed by atoms with Crippen molar-refractivity contribution in [2.24, 2.45) is 0 Å². The van der Waals surface area contributed by atoms with Crippen LogP contribution in [0.4, 0.5) is 5.69 Å². The SMILES string of the molecule is Cc1[nH]nc2c1C(c1ccc([N+](=O)[O-])cc1)c1c(nc(C)n(N)c1=N)O2. The predicted octanol–water partition coefficient (Wildman–Crippen LogP) is 1.61. The molecule has 132 valence electrons. The smallest absolute Gasteiger partial charge is 0.269 e. The number of nitrogens with one attached hydrogen (secondary N) is 2. The molecule has 0 fully saturated rings. The third kappa shape index (κ3) is 2.15. The molecule has 0 amide bonds. The summed E-state index contributed by atoms with van der Waals surface area (Å²) in [4.78, 5) is 14.8. The van der Waals surface area contributed by atoms with Gasteiger partial charge in [-0.15, -0.1) is 5.10 Å². The largest absolute Gasteiger partial charge is 0.418 e. The van der Waals surface area contributed by atoms with E-state index in [9.17, 15) is 10.1 Å². The van der Waals surface area contributed by atoms with Gasteiger partial charge in [-0.3, -0.25) is 20.6 Å². The quantitative estimate of drug-likeness (QED) is 0.283. The molecule has 0 bridgehead atoms. The van der Waals surface area contributed by atoms with Gasteiger partial charge in [-0.25, -0.2) is 4.68 Å². The highest BCUT2D eigenvalue weighted by Crippen LogP contribution is 2.45. The topological polar surface area (TPSA) is 149 Å². The van der Waals surface area contributed by atoms with Gasteiger partial charge in [0.05, 0.1) is 16.4 Å².